The van der Waals surface area contributed by atoms with Crippen LogP contribution >= 0.6 is 15.9 Å². The summed E-state index contributed by atoms with van der Waals surface area (Å²) in [5, 5.41) is 9.67. The highest BCUT2D eigenvalue weighted by atomic mass is 79.9. The number of aromatic nitrogens is 1. The maximum absolute atomic E-state index is 9.67. The minimum atomic E-state index is -0.514. The van der Waals surface area contributed by atoms with Crippen molar-refractivity contribution in [2.45, 2.75) is 26.4 Å². The van der Waals surface area contributed by atoms with Crippen molar-refractivity contribution in [3.05, 3.63) is 52.3 Å². The fraction of sp³-hybridized carbons (Fsp3) is 0.267. The van der Waals surface area contributed by atoms with Crippen LogP contribution < -0.4 is 4.74 Å². The average Bonchev–Trinajstić information content (AvgIpc) is 2.42. The summed E-state index contributed by atoms with van der Waals surface area (Å²) in [4.78, 5) is 4.20. The van der Waals surface area contributed by atoms with Crippen molar-refractivity contribution >= 4 is 15.9 Å². The molecule has 100 valence electrons. The van der Waals surface area contributed by atoms with Crippen LogP contribution in [0.2, 0.25) is 0 Å². The van der Waals surface area contributed by atoms with Gasteiger partial charge in [0, 0.05) is 0 Å². The van der Waals surface area contributed by atoms with Crippen LogP contribution in [0, 0.1) is 6.92 Å². The van der Waals surface area contributed by atoms with Gasteiger partial charge in [0.05, 0.1) is 22.5 Å². The zero-order valence-electron chi connectivity index (χ0n) is 10.9. The van der Waals surface area contributed by atoms with E-state index in [0.29, 0.717) is 17.9 Å². The van der Waals surface area contributed by atoms with Crippen molar-refractivity contribution in [1.29, 1.82) is 0 Å². The summed E-state index contributed by atoms with van der Waals surface area (Å²) in [5.41, 5.74) is 1.83. The molecule has 1 heterocycles. The molecule has 2 rings (SSSR count). The zero-order valence-corrected chi connectivity index (χ0v) is 12.5. The quantitative estimate of drug-likeness (QED) is 0.908. The summed E-state index contributed by atoms with van der Waals surface area (Å²) >= 11 is 3.47. The van der Waals surface area contributed by atoms with E-state index in [-0.39, 0.29) is 0 Å². The number of aliphatic hydroxyl groups excluding tert-OH is 1. The first-order chi connectivity index (χ1) is 9.10. The number of rotatable bonds is 4. The highest BCUT2D eigenvalue weighted by molar-refractivity contribution is 9.10. The summed E-state index contributed by atoms with van der Waals surface area (Å²) in [6.45, 7) is 3.94. The molecule has 2 aromatic rings. The molecule has 0 bridgehead atoms. The SMILES string of the molecule is CCC(O)c1ccc(Oc2ccc(C)cc2Br)cn1. The first-order valence-electron chi connectivity index (χ1n) is 6.18. The Hall–Kier alpha value is -1.39. The lowest BCUT2D eigenvalue weighted by Crippen LogP contribution is -1.98. The van der Waals surface area contributed by atoms with E-state index < -0.39 is 6.10 Å². The van der Waals surface area contributed by atoms with Crippen LogP contribution in [0.15, 0.2) is 41.0 Å². The van der Waals surface area contributed by atoms with E-state index in [1.165, 1.54) is 5.56 Å². The van der Waals surface area contributed by atoms with Gasteiger partial charge in [-0.2, -0.15) is 0 Å². The number of nitrogens with zero attached hydrogens (tertiary/aromatic N) is 1. The van der Waals surface area contributed by atoms with E-state index >= 15 is 0 Å². The maximum Gasteiger partial charge on any atom is 0.145 e. The molecule has 0 saturated carbocycles. The van der Waals surface area contributed by atoms with Gasteiger partial charge in [0.25, 0.3) is 0 Å². The van der Waals surface area contributed by atoms with E-state index in [9.17, 15) is 5.11 Å². The van der Waals surface area contributed by atoms with Crippen LogP contribution in [0.4, 0.5) is 0 Å². The van der Waals surface area contributed by atoms with Crippen molar-refractivity contribution < 1.29 is 9.84 Å². The Bertz CT molecular complexity index is 555. The summed E-state index contributed by atoms with van der Waals surface area (Å²) in [6, 6.07) is 9.49. The molecule has 1 atom stereocenters. The minimum absolute atomic E-state index is 0.514. The molecule has 3 nitrogen and oxygen atoms in total. The molecule has 4 heteroatoms. The van der Waals surface area contributed by atoms with Crippen LogP contribution in [0.1, 0.15) is 30.7 Å². The molecule has 0 fully saturated rings. The molecule has 1 aromatic carbocycles. The second-order valence-electron chi connectivity index (χ2n) is 4.38. The molecule has 0 saturated heterocycles. The normalized spacial score (nSPS) is 12.2. The lowest BCUT2D eigenvalue weighted by atomic mass is 10.2. The van der Waals surface area contributed by atoms with Gasteiger partial charge in [-0.15, -0.1) is 0 Å². The second kappa shape index (κ2) is 6.17. The third kappa shape index (κ3) is 3.55. The van der Waals surface area contributed by atoms with Crippen molar-refractivity contribution in [1.82, 2.24) is 4.98 Å². The highest BCUT2D eigenvalue weighted by Crippen LogP contribution is 2.30. The second-order valence-corrected chi connectivity index (χ2v) is 5.23. The number of benzene rings is 1. The molecular weight excluding hydrogens is 306 g/mol. The summed E-state index contributed by atoms with van der Waals surface area (Å²) < 4.78 is 6.65. The van der Waals surface area contributed by atoms with Crippen molar-refractivity contribution in [2.75, 3.05) is 0 Å². The molecule has 0 aliphatic carbocycles. The Balaban J connectivity index is 2.15. The molecule has 0 radical (unpaired) electrons. The minimum Gasteiger partial charge on any atom is -0.455 e. The Morgan fingerprint density at radius 1 is 1.32 bits per heavy atom. The number of hydrogen-bond acceptors (Lipinski definition) is 3. The predicted molar refractivity (Wildman–Crippen MR) is 78.4 cm³/mol. The Labute approximate surface area is 121 Å². The molecule has 0 spiro atoms. The molecule has 0 aliphatic heterocycles. The van der Waals surface area contributed by atoms with E-state index in [4.69, 9.17) is 4.74 Å². The van der Waals surface area contributed by atoms with Crippen LogP contribution in [0.25, 0.3) is 0 Å². The topological polar surface area (TPSA) is 42.4 Å². The fourth-order valence-corrected chi connectivity index (χ4v) is 2.25. The van der Waals surface area contributed by atoms with E-state index in [1.807, 2.05) is 38.1 Å². The fourth-order valence-electron chi connectivity index (χ4n) is 1.67. The van der Waals surface area contributed by atoms with Gasteiger partial charge in [-0.3, -0.25) is 4.98 Å². The van der Waals surface area contributed by atoms with Crippen molar-refractivity contribution in [3.8, 4) is 11.5 Å². The average molecular weight is 322 g/mol. The van der Waals surface area contributed by atoms with Gasteiger partial charge in [0.2, 0.25) is 0 Å². The smallest absolute Gasteiger partial charge is 0.145 e. The van der Waals surface area contributed by atoms with E-state index in [0.717, 1.165) is 10.2 Å². The number of halogens is 1. The van der Waals surface area contributed by atoms with Crippen molar-refractivity contribution in [3.63, 3.8) is 0 Å². The lowest BCUT2D eigenvalue weighted by Gasteiger charge is -2.10. The van der Waals surface area contributed by atoms with E-state index in [1.54, 1.807) is 12.3 Å². The standard InChI is InChI=1S/C15H16BrNO2/c1-3-14(18)13-6-5-11(9-17-13)19-15-7-4-10(2)8-12(15)16/h4-9,14,18H,3H2,1-2H3. The predicted octanol–water partition coefficient (Wildman–Crippen LogP) is 4.39. The van der Waals surface area contributed by atoms with Gasteiger partial charge in [-0.1, -0.05) is 13.0 Å². The number of aliphatic hydroxyl groups is 1. The van der Waals surface area contributed by atoms with Crippen LogP contribution in [-0.2, 0) is 0 Å². The Morgan fingerprint density at radius 3 is 2.68 bits per heavy atom. The number of aryl methyl sites for hydroxylation is 1. The molecule has 0 amide bonds. The number of ether oxygens (including phenoxy) is 1. The number of hydrogen-bond donors (Lipinski definition) is 1. The highest BCUT2D eigenvalue weighted by Gasteiger charge is 2.07. The Morgan fingerprint density at radius 2 is 2.11 bits per heavy atom. The summed E-state index contributed by atoms with van der Waals surface area (Å²) in [7, 11) is 0. The monoisotopic (exact) mass is 321 g/mol. The van der Waals surface area contributed by atoms with Crippen molar-refractivity contribution in [2.24, 2.45) is 0 Å². The summed E-state index contributed by atoms with van der Waals surface area (Å²) in [6.07, 6.45) is 1.76. The van der Waals surface area contributed by atoms with E-state index in [2.05, 4.69) is 20.9 Å². The van der Waals surface area contributed by atoms with Gasteiger partial charge >= 0.3 is 0 Å². The first-order valence-corrected chi connectivity index (χ1v) is 6.97. The zero-order chi connectivity index (χ0) is 13.8. The molecule has 1 N–H and O–H groups in total. The molecule has 1 aromatic heterocycles. The van der Waals surface area contributed by atoms with Gasteiger partial charge in [0.15, 0.2) is 0 Å². The van der Waals surface area contributed by atoms with Crippen LogP contribution in [-0.4, -0.2) is 10.1 Å². The first kappa shape index (κ1) is 14.0. The molecule has 0 aliphatic rings. The number of pyridine rings is 1. The summed E-state index contributed by atoms with van der Waals surface area (Å²) in [5.74, 6) is 1.40. The van der Waals surface area contributed by atoms with Crippen LogP contribution in [0.3, 0.4) is 0 Å². The lowest BCUT2D eigenvalue weighted by molar-refractivity contribution is 0.169. The molecular formula is C15H16BrNO2. The molecule has 19 heavy (non-hydrogen) atoms. The third-order valence-electron chi connectivity index (χ3n) is 2.80. The van der Waals surface area contributed by atoms with Gasteiger partial charge in [-0.25, -0.2) is 0 Å². The third-order valence-corrected chi connectivity index (χ3v) is 3.42. The maximum atomic E-state index is 9.67. The molecule has 1 unspecified atom stereocenters. The largest absolute Gasteiger partial charge is 0.455 e. The van der Waals surface area contributed by atoms with Crippen LogP contribution in [0.5, 0.6) is 11.5 Å². The van der Waals surface area contributed by atoms with Gasteiger partial charge in [-0.05, 0) is 59.1 Å². The Kier molecular flexibility index (Phi) is 4.56. The van der Waals surface area contributed by atoms with Gasteiger partial charge in [0.1, 0.15) is 11.5 Å². The van der Waals surface area contributed by atoms with Gasteiger partial charge < -0.3 is 9.84 Å².